The summed E-state index contributed by atoms with van der Waals surface area (Å²) in [7, 11) is 0. The lowest BCUT2D eigenvalue weighted by Gasteiger charge is -2.09. The van der Waals surface area contributed by atoms with Gasteiger partial charge in [-0.25, -0.2) is 4.98 Å². The van der Waals surface area contributed by atoms with Crippen LogP contribution in [0.3, 0.4) is 0 Å². The molecule has 6 heteroatoms. The second-order valence-corrected chi connectivity index (χ2v) is 4.36. The molecule has 0 radical (unpaired) electrons. The molecular formula is C11H10ClN3OS. The molecule has 2 rings (SSSR count). The van der Waals surface area contributed by atoms with E-state index in [0.29, 0.717) is 5.75 Å². The molecule has 0 saturated carbocycles. The van der Waals surface area contributed by atoms with E-state index in [4.69, 9.17) is 22.1 Å². The van der Waals surface area contributed by atoms with Crippen molar-refractivity contribution in [2.75, 3.05) is 12.0 Å². The standard InChI is InChI=1S/C11H10ClN3OS/c1-17-8-5-3-2-4-7(8)16-11-9(12)10(13)14-6-15-11/h2-6H,1H3,(H2,13,14,15). The van der Waals surface area contributed by atoms with E-state index in [9.17, 15) is 0 Å². The summed E-state index contributed by atoms with van der Waals surface area (Å²) in [4.78, 5) is 8.73. The Hall–Kier alpha value is -1.46. The van der Waals surface area contributed by atoms with Crippen molar-refractivity contribution in [2.24, 2.45) is 0 Å². The van der Waals surface area contributed by atoms with Crippen molar-refractivity contribution in [1.29, 1.82) is 0 Å². The van der Waals surface area contributed by atoms with E-state index in [2.05, 4.69) is 9.97 Å². The molecule has 1 aromatic carbocycles. The number of benzene rings is 1. The highest BCUT2D eigenvalue weighted by Gasteiger charge is 2.10. The van der Waals surface area contributed by atoms with E-state index < -0.39 is 0 Å². The molecule has 2 N–H and O–H groups in total. The zero-order valence-corrected chi connectivity index (χ0v) is 10.6. The van der Waals surface area contributed by atoms with Gasteiger partial charge in [-0.05, 0) is 18.4 Å². The molecule has 2 aromatic rings. The molecule has 0 spiro atoms. The van der Waals surface area contributed by atoms with Crippen LogP contribution in [0.2, 0.25) is 5.02 Å². The predicted molar refractivity (Wildman–Crippen MR) is 69.8 cm³/mol. The fourth-order valence-corrected chi connectivity index (χ4v) is 1.91. The van der Waals surface area contributed by atoms with Crippen molar-refractivity contribution in [3.05, 3.63) is 35.6 Å². The first-order valence-electron chi connectivity index (χ1n) is 4.79. The first-order chi connectivity index (χ1) is 8.22. The van der Waals surface area contributed by atoms with E-state index in [0.717, 1.165) is 4.90 Å². The number of thioether (sulfide) groups is 1. The summed E-state index contributed by atoms with van der Waals surface area (Å²) in [6.07, 6.45) is 3.29. The number of rotatable bonds is 3. The van der Waals surface area contributed by atoms with Crippen LogP contribution in [0, 0.1) is 0 Å². The van der Waals surface area contributed by atoms with Crippen LogP contribution in [-0.2, 0) is 0 Å². The summed E-state index contributed by atoms with van der Waals surface area (Å²) < 4.78 is 5.63. The average Bonchev–Trinajstić information content (AvgIpc) is 2.35. The molecule has 0 aliphatic carbocycles. The molecule has 0 aliphatic rings. The van der Waals surface area contributed by atoms with Gasteiger partial charge in [0.15, 0.2) is 0 Å². The maximum Gasteiger partial charge on any atom is 0.243 e. The minimum atomic E-state index is 0.207. The highest BCUT2D eigenvalue weighted by Crippen LogP contribution is 2.34. The Morgan fingerprint density at radius 2 is 2.06 bits per heavy atom. The van der Waals surface area contributed by atoms with Gasteiger partial charge in [-0.15, -0.1) is 11.8 Å². The van der Waals surface area contributed by atoms with Crippen LogP contribution in [0.5, 0.6) is 11.6 Å². The Morgan fingerprint density at radius 1 is 1.29 bits per heavy atom. The first-order valence-corrected chi connectivity index (χ1v) is 6.39. The highest BCUT2D eigenvalue weighted by atomic mass is 35.5. The molecule has 0 atom stereocenters. The lowest BCUT2D eigenvalue weighted by atomic mass is 10.3. The lowest BCUT2D eigenvalue weighted by Crippen LogP contribution is -1.96. The Labute approximate surface area is 108 Å². The van der Waals surface area contributed by atoms with Crippen LogP contribution in [0.1, 0.15) is 0 Å². The van der Waals surface area contributed by atoms with Crippen molar-refractivity contribution in [2.45, 2.75) is 4.90 Å². The molecule has 0 unspecified atom stereocenters. The van der Waals surface area contributed by atoms with E-state index in [1.165, 1.54) is 6.33 Å². The number of ether oxygens (including phenoxy) is 1. The minimum absolute atomic E-state index is 0.207. The Morgan fingerprint density at radius 3 is 2.82 bits per heavy atom. The van der Waals surface area contributed by atoms with Crippen LogP contribution in [0.4, 0.5) is 5.82 Å². The molecule has 0 fully saturated rings. The molecule has 0 bridgehead atoms. The molecule has 1 aromatic heterocycles. The predicted octanol–water partition coefficient (Wildman–Crippen LogP) is 3.23. The zero-order valence-electron chi connectivity index (χ0n) is 9.05. The number of nitrogen functional groups attached to an aromatic ring is 1. The third-order valence-electron chi connectivity index (χ3n) is 2.06. The second kappa shape index (κ2) is 5.25. The third-order valence-corrected chi connectivity index (χ3v) is 3.19. The number of halogens is 1. The van der Waals surface area contributed by atoms with Gasteiger partial charge >= 0.3 is 0 Å². The normalized spacial score (nSPS) is 10.2. The zero-order chi connectivity index (χ0) is 12.3. The fraction of sp³-hybridized carbons (Fsp3) is 0.0909. The van der Waals surface area contributed by atoms with Gasteiger partial charge in [0.05, 0.1) is 0 Å². The Bertz CT molecular complexity index is 536. The summed E-state index contributed by atoms with van der Waals surface area (Å²) in [5.41, 5.74) is 5.58. The topological polar surface area (TPSA) is 61.0 Å². The highest BCUT2D eigenvalue weighted by molar-refractivity contribution is 7.98. The van der Waals surface area contributed by atoms with E-state index in [1.54, 1.807) is 11.8 Å². The number of anilines is 1. The molecule has 17 heavy (non-hydrogen) atoms. The van der Waals surface area contributed by atoms with Gasteiger partial charge in [0.2, 0.25) is 5.88 Å². The minimum Gasteiger partial charge on any atom is -0.436 e. The molecule has 0 saturated heterocycles. The summed E-state index contributed by atoms with van der Waals surface area (Å²) >= 11 is 7.54. The van der Waals surface area contributed by atoms with Crippen LogP contribution < -0.4 is 10.5 Å². The Kier molecular flexibility index (Phi) is 3.71. The maximum atomic E-state index is 5.96. The number of nitrogens with two attached hydrogens (primary N) is 1. The number of hydrogen-bond acceptors (Lipinski definition) is 5. The first kappa shape index (κ1) is 12.0. The molecule has 4 nitrogen and oxygen atoms in total. The van der Waals surface area contributed by atoms with Gasteiger partial charge in [-0.1, -0.05) is 23.7 Å². The van der Waals surface area contributed by atoms with Gasteiger partial charge < -0.3 is 10.5 Å². The van der Waals surface area contributed by atoms with Crippen LogP contribution in [-0.4, -0.2) is 16.2 Å². The average molecular weight is 268 g/mol. The molecular weight excluding hydrogens is 258 g/mol. The van der Waals surface area contributed by atoms with Gasteiger partial charge in [0, 0.05) is 4.90 Å². The number of para-hydroxylation sites is 1. The number of aromatic nitrogens is 2. The Balaban J connectivity index is 2.35. The second-order valence-electron chi connectivity index (χ2n) is 3.13. The SMILES string of the molecule is CSc1ccccc1Oc1ncnc(N)c1Cl. The molecule has 0 aliphatic heterocycles. The van der Waals surface area contributed by atoms with E-state index in [1.807, 2.05) is 30.5 Å². The summed E-state index contributed by atoms with van der Waals surface area (Å²) in [5.74, 6) is 1.17. The van der Waals surface area contributed by atoms with Crippen molar-refractivity contribution in [3.8, 4) is 11.6 Å². The third kappa shape index (κ3) is 2.62. The van der Waals surface area contributed by atoms with Crippen LogP contribution in [0.15, 0.2) is 35.5 Å². The molecule has 0 amide bonds. The smallest absolute Gasteiger partial charge is 0.243 e. The van der Waals surface area contributed by atoms with Crippen molar-refractivity contribution in [3.63, 3.8) is 0 Å². The van der Waals surface area contributed by atoms with Crippen molar-refractivity contribution >= 4 is 29.2 Å². The summed E-state index contributed by atoms with van der Waals surface area (Å²) in [5, 5.41) is 0.225. The van der Waals surface area contributed by atoms with Crippen LogP contribution in [0.25, 0.3) is 0 Å². The largest absolute Gasteiger partial charge is 0.436 e. The lowest BCUT2D eigenvalue weighted by molar-refractivity contribution is 0.451. The number of hydrogen-bond donors (Lipinski definition) is 1. The summed E-state index contributed by atoms with van der Waals surface area (Å²) in [6.45, 7) is 0. The molecule has 1 heterocycles. The van der Waals surface area contributed by atoms with Gasteiger partial charge in [-0.3, -0.25) is 0 Å². The van der Waals surface area contributed by atoms with E-state index >= 15 is 0 Å². The van der Waals surface area contributed by atoms with Crippen LogP contribution >= 0.6 is 23.4 Å². The maximum absolute atomic E-state index is 5.96. The monoisotopic (exact) mass is 267 g/mol. The van der Waals surface area contributed by atoms with Crippen molar-refractivity contribution in [1.82, 2.24) is 9.97 Å². The fourth-order valence-electron chi connectivity index (χ4n) is 1.24. The van der Waals surface area contributed by atoms with Gasteiger partial charge in [0.1, 0.15) is 22.9 Å². The van der Waals surface area contributed by atoms with Crippen molar-refractivity contribution < 1.29 is 4.74 Å². The number of nitrogens with zero attached hydrogens (tertiary/aromatic N) is 2. The molecule has 88 valence electrons. The summed E-state index contributed by atoms with van der Waals surface area (Å²) in [6, 6.07) is 7.63. The quantitative estimate of drug-likeness (QED) is 0.865. The van der Waals surface area contributed by atoms with Gasteiger partial charge in [-0.2, -0.15) is 4.98 Å². The van der Waals surface area contributed by atoms with Gasteiger partial charge in [0.25, 0.3) is 0 Å². The van der Waals surface area contributed by atoms with E-state index in [-0.39, 0.29) is 16.7 Å².